The zero-order valence-electron chi connectivity index (χ0n) is 13.5. The van der Waals surface area contributed by atoms with E-state index in [1.165, 1.54) is 6.54 Å². The Morgan fingerprint density at radius 1 is 1.26 bits per heavy atom. The molecule has 0 spiro atoms. The molecule has 0 amide bonds. The van der Waals surface area contributed by atoms with Gasteiger partial charge < -0.3 is 10.6 Å². The average Bonchev–Trinajstić information content (AvgIpc) is 2.68. The highest BCUT2D eigenvalue weighted by Crippen LogP contribution is 2.18. The number of hydrogen-bond donors (Lipinski definition) is 2. The van der Waals surface area contributed by atoms with Gasteiger partial charge in [-0.05, 0) is 32.6 Å². The Hall–Kier alpha value is -0.770. The molecule has 1 aliphatic heterocycles. The highest BCUT2D eigenvalue weighted by Gasteiger charge is 2.31. The third kappa shape index (κ3) is 5.39. The quantitative estimate of drug-likeness (QED) is 0.591. The van der Waals surface area contributed by atoms with Crippen molar-refractivity contribution in [2.24, 2.45) is 16.8 Å². The van der Waals surface area contributed by atoms with Crippen molar-refractivity contribution in [3.63, 3.8) is 0 Å². The van der Waals surface area contributed by atoms with Crippen LogP contribution in [0.5, 0.6) is 0 Å². The third-order valence-electron chi connectivity index (χ3n) is 3.65. The number of nitrogens with zero attached hydrogens (tertiary/aromatic N) is 2. The smallest absolute Gasteiger partial charge is 0.191 e. The fraction of sp³-hybridized carbons (Fsp3) is 0.933. The van der Waals surface area contributed by atoms with Gasteiger partial charge in [0.25, 0.3) is 0 Å². The summed E-state index contributed by atoms with van der Waals surface area (Å²) in [5.74, 6) is 2.24. The van der Waals surface area contributed by atoms with Gasteiger partial charge in [0, 0.05) is 38.3 Å². The van der Waals surface area contributed by atoms with Gasteiger partial charge in [0.15, 0.2) is 5.96 Å². The molecule has 4 heteroatoms. The molecule has 0 radical (unpaired) electrons. The topological polar surface area (TPSA) is 39.7 Å². The lowest BCUT2D eigenvalue weighted by Gasteiger charge is -2.22. The van der Waals surface area contributed by atoms with Crippen LogP contribution in [0.25, 0.3) is 0 Å². The predicted molar refractivity (Wildman–Crippen MR) is 83.6 cm³/mol. The van der Waals surface area contributed by atoms with Gasteiger partial charge in [-0.15, -0.1) is 0 Å². The van der Waals surface area contributed by atoms with Gasteiger partial charge in [0.2, 0.25) is 0 Å². The molecule has 2 atom stereocenters. The van der Waals surface area contributed by atoms with Crippen LogP contribution in [-0.2, 0) is 0 Å². The van der Waals surface area contributed by atoms with Gasteiger partial charge >= 0.3 is 0 Å². The molecule has 1 heterocycles. The molecular formula is C15H32N4. The highest BCUT2D eigenvalue weighted by molar-refractivity contribution is 5.80. The fourth-order valence-corrected chi connectivity index (χ4v) is 2.38. The van der Waals surface area contributed by atoms with Crippen LogP contribution < -0.4 is 10.6 Å². The summed E-state index contributed by atoms with van der Waals surface area (Å²) in [5.41, 5.74) is 0. The Bertz CT molecular complexity index is 286. The summed E-state index contributed by atoms with van der Waals surface area (Å²) >= 11 is 0. The zero-order chi connectivity index (χ0) is 14.4. The Kier molecular flexibility index (Phi) is 6.63. The number of aliphatic imine (C=N–C) groups is 1. The fourth-order valence-electron chi connectivity index (χ4n) is 2.38. The van der Waals surface area contributed by atoms with Crippen molar-refractivity contribution < 1.29 is 0 Å². The first-order valence-corrected chi connectivity index (χ1v) is 7.72. The first kappa shape index (κ1) is 16.3. The van der Waals surface area contributed by atoms with Gasteiger partial charge in [-0.2, -0.15) is 0 Å². The Morgan fingerprint density at radius 2 is 1.95 bits per heavy atom. The number of rotatable bonds is 5. The van der Waals surface area contributed by atoms with E-state index >= 15 is 0 Å². The molecule has 112 valence electrons. The maximum Gasteiger partial charge on any atom is 0.191 e. The molecule has 1 rings (SSSR count). The SMILES string of the molecule is CCNC(=NCC(C)C)NC1CN(C(C)C)CC1C. The van der Waals surface area contributed by atoms with Gasteiger partial charge in [-0.25, -0.2) is 0 Å². The minimum Gasteiger partial charge on any atom is -0.357 e. The van der Waals surface area contributed by atoms with Crippen molar-refractivity contribution >= 4 is 5.96 Å². The maximum atomic E-state index is 4.66. The molecule has 0 bridgehead atoms. The lowest BCUT2D eigenvalue weighted by atomic mass is 10.1. The Labute approximate surface area is 119 Å². The molecule has 2 N–H and O–H groups in total. The van der Waals surface area contributed by atoms with Crippen molar-refractivity contribution in [2.75, 3.05) is 26.2 Å². The first-order chi connectivity index (χ1) is 8.93. The molecule has 1 fully saturated rings. The van der Waals surface area contributed by atoms with E-state index in [9.17, 15) is 0 Å². The largest absolute Gasteiger partial charge is 0.357 e. The van der Waals surface area contributed by atoms with Crippen molar-refractivity contribution in [3.05, 3.63) is 0 Å². The summed E-state index contributed by atoms with van der Waals surface area (Å²) in [7, 11) is 0. The minimum absolute atomic E-state index is 0.507. The van der Waals surface area contributed by atoms with Crippen LogP contribution in [0.2, 0.25) is 0 Å². The van der Waals surface area contributed by atoms with E-state index in [0.717, 1.165) is 25.6 Å². The molecule has 0 aromatic carbocycles. The average molecular weight is 268 g/mol. The van der Waals surface area contributed by atoms with Crippen LogP contribution in [0.15, 0.2) is 4.99 Å². The highest BCUT2D eigenvalue weighted by atomic mass is 15.3. The number of hydrogen-bond acceptors (Lipinski definition) is 2. The normalized spacial score (nSPS) is 25.4. The van der Waals surface area contributed by atoms with E-state index in [4.69, 9.17) is 0 Å². The van der Waals surface area contributed by atoms with Gasteiger partial charge in [-0.1, -0.05) is 20.8 Å². The minimum atomic E-state index is 0.507. The van der Waals surface area contributed by atoms with E-state index in [-0.39, 0.29) is 0 Å². The third-order valence-corrected chi connectivity index (χ3v) is 3.65. The second-order valence-corrected chi connectivity index (χ2v) is 6.39. The van der Waals surface area contributed by atoms with Crippen LogP contribution in [-0.4, -0.2) is 49.1 Å². The molecule has 0 aromatic rings. The van der Waals surface area contributed by atoms with E-state index in [0.29, 0.717) is 23.9 Å². The molecule has 0 aromatic heterocycles. The zero-order valence-corrected chi connectivity index (χ0v) is 13.5. The second-order valence-electron chi connectivity index (χ2n) is 6.39. The van der Waals surface area contributed by atoms with Crippen molar-refractivity contribution in [2.45, 2.75) is 53.6 Å². The summed E-state index contributed by atoms with van der Waals surface area (Å²) < 4.78 is 0. The maximum absolute atomic E-state index is 4.66. The van der Waals surface area contributed by atoms with Gasteiger partial charge in [0.05, 0.1) is 0 Å². The summed E-state index contributed by atoms with van der Waals surface area (Å²) in [6, 6.07) is 1.14. The van der Waals surface area contributed by atoms with E-state index in [1.807, 2.05) is 0 Å². The number of guanidine groups is 1. The molecular weight excluding hydrogens is 236 g/mol. The monoisotopic (exact) mass is 268 g/mol. The van der Waals surface area contributed by atoms with Gasteiger partial charge in [0.1, 0.15) is 0 Å². The van der Waals surface area contributed by atoms with E-state index in [2.05, 4.69) is 62.1 Å². The van der Waals surface area contributed by atoms with Crippen molar-refractivity contribution in [1.82, 2.24) is 15.5 Å². The summed E-state index contributed by atoms with van der Waals surface area (Å²) in [5, 5.41) is 6.95. The number of likely N-dealkylation sites (tertiary alicyclic amines) is 1. The lowest BCUT2D eigenvalue weighted by Crippen LogP contribution is -2.47. The standard InChI is InChI=1S/C15H32N4/c1-7-16-15(17-8-11(2)3)18-14-10-19(12(4)5)9-13(14)6/h11-14H,7-10H2,1-6H3,(H2,16,17,18). The lowest BCUT2D eigenvalue weighted by molar-refractivity contribution is 0.265. The first-order valence-electron chi connectivity index (χ1n) is 7.72. The molecule has 4 nitrogen and oxygen atoms in total. The predicted octanol–water partition coefficient (Wildman–Crippen LogP) is 1.93. The van der Waals surface area contributed by atoms with E-state index < -0.39 is 0 Å². The van der Waals surface area contributed by atoms with Crippen molar-refractivity contribution in [3.8, 4) is 0 Å². The van der Waals surface area contributed by atoms with E-state index in [1.54, 1.807) is 0 Å². The molecule has 2 unspecified atom stereocenters. The second kappa shape index (κ2) is 7.73. The Balaban J connectivity index is 2.56. The molecule has 19 heavy (non-hydrogen) atoms. The van der Waals surface area contributed by atoms with Crippen LogP contribution in [0.4, 0.5) is 0 Å². The Morgan fingerprint density at radius 3 is 2.42 bits per heavy atom. The summed E-state index contributed by atoms with van der Waals surface area (Å²) in [4.78, 5) is 7.19. The summed E-state index contributed by atoms with van der Waals surface area (Å²) in [6.45, 7) is 17.5. The molecule has 1 saturated heterocycles. The van der Waals surface area contributed by atoms with Crippen LogP contribution >= 0.6 is 0 Å². The van der Waals surface area contributed by atoms with Crippen LogP contribution in [0.1, 0.15) is 41.5 Å². The van der Waals surface area contributed by atoms with Crippen molar-refractivity contribution in [1.29, 1.82) is 0 Å². The number of nitrogens with one attached hydrogen (secondary N) is 2. The van der Waals surface area contributed by atoms with Crippen LogP contribution in [0.3, 0.4) is 0 Å². The molecule has 1 aliphatic rings. The summed E-state index contributed by atoms with van der Waals surface area (Å²) in [6.07, 6.45) is 0. The molecule has 0 saturated carbocycles. The van der Waals surface area contributed by atoms with Crippen LogP contribution in [0, 0.1) is 11.8 Å². The molecule has 0 aliphatic carbocycles. The van der Waals surface area contributed by atoms with Gasteiger partial charge in [-0.3, -0.25) is 9.89 Å².